The quantitative estimate of drug-likeness (QED) is 0.610. The second kappa shape index (κ2) is 10.2. The number of rotatable bonds is 11. The van der Waals surface area contributed by atoms with Crippen molar-refractivity contribution >= 4 is 0 Å². The molecule has 0 saturated carbocycles. The smallest absolute Gasteiger partial charge is 0.129 e. The molecule has 1 aromatic heterocycles. The molecule has 104 valence electrons. The average Bonchev–Trinajstić information content (AvgIpc) is 2.87. The Hall–Kier alpha value is -0.800. The highest BCUT2D eigenvalue weighted by Gasteiger charge is 2.04. The Kier molecular flexibility index (Phi) is 8.61. The summed E-state index contributed by atoms with van der Waals surface area (Å²) in [6, 6.07) is 4.52. The number of hydrogen-bond donors (Lipinski definition) is 1. The van der Waals surface area contributed by atoms with Crippen LogP contribution in [0.25, 0.3) is 0 Å². The molecule has 3 heteroatoms. The molecular formula is C15H27NO2. The van der Waals surface area contributed by atoms with Crippen molar-refractivity contribution < 1.29 is 9.15 Å². The Morgan fingerprint density at radius 1 is 1.28 bits per heavy atom. The minimum Gasteiger partial charge on any atom is -0.467 e. The predicted molar refractivity (Wildman–Crippen MR) is 74.6 cm³/mol. The van der Waals surface area contributed by atoms with Crippen molar-refractivity contribution in [1.29, 1.82) is 0 Å². The molecule has 1 aromatic rings. The van der Waals surface area contributed by atoms with Crippen LogP contribution in [0.1, 0.15) is 51.7 Å². The van der Waals surface area contributed by atoms with Gasteiger partial charge in [-0.1, -0.05) is 26.7 Å². The molecule has 0 aliphatic carbocycles. The molecule has 0 aliphatic rings. The molecule has 0 bridgehead atoms. The summed E-state index contributed by atoms with van der Waals surface area (Å²) in [5.41, 5.74) is 0. The van der Waals surface area contributed by atoms with E-state index in [1.54, 1.807) is 6.26 Å². The van der Waals surface area contributed by atoms with Crippen LogP contribution in [-0.4, -0.2) is 19.2 Å². The predicted octanol–water partition coefficient (Wildman–Crippen LogP) is 3.74. The van der Waals surface area contributed by atoms with E-state index in [-0.39, 0.29) is 0 Å². The molecule has 0 amide bonds. The van der Waals surface area contributed by atoms with Crippen molar-refractivity contribution in [2.75, 3.05) is 13.2 Å². The maximum atomic E-state index is 5.55. The van der Waals surface area contributed by atoms with Crippen LogP contribution in [0.2, 0.25) is 0 Å². The molecule has 0 atom stereocenters. The summed E-state index contributed by atoms with van der Waals surface area (Å²) in [7, 11) is 0. The van der Waals surface area contributed by atoms with Gasteiger partial charge < -0.3 is 14.5 Å². The van der Waals surface area contributed by atoms with Gasteiger partial charge in [0.15, 0.2) is 0 Å². The lowest BCUT2D eigenvalue weighted by molar-refractivity contribution is 0.103. The summed E-state index contributed by atoms with van der Waals surface area (Å²) < 4.78 is 10.7. The van der Waals surface area contributed by atoms with Gasteiger partial charge in [-0.25, -0.2) is 0 Å². The highest BCUT2D eigenvalue weighted by molar-refractivity contribution is 4.95. The van der Waals surface area contributed by atoms with E-state index >= 15 is 0 Å². The normalized spacial score (nSPS) is 11.3. The van der Waals surface area contributed by atoms with Gasteiger partial charge >= 0.3 is 0 Å². The van der Waals surface area contributed by atoms with Gasteiger partial charge in [-0.15, -0.1) is 0 Å². The summed E-state index contributed by atoms with van der Waals surface area (Å²) in [5.74, 6) is 0.901. The summed E-state index contributed by atoms with van der Waals surface area (Å²) in [6.07, 6.45) is 7.81. The zero-order valence-electron chi connectivity index (χ0n) is 11.8. The SMILES string of the molecule is CCCC(CCC)NCCCOCc1ccco1. The zero-order valence-corrected chi connectivity index (χ0v) is 11.8. The third-order valence-corrected chi connectivity index (χ3v) is 3.00. The first kappa shape index (κ1) is 15.3. The fourth-order valence-electron chi connectivity index (χ4n) is 2.09. The van der Waals surface area contributed by atoms with E-state index in [0.29, 0.717) is 12.6 Å². The van der Waals surface area contributed by atoms with Crippen molar-refractivity contribution in [3.63, 3.8) is 0 Å². The van der Waals surface area contributed by atoms with E-state index in [2.05, 4.69) is 19.2 Å². The number of nitrogens with one attached hydrogen (secondary N) is 1. The molecule has 1 N–H and O–H groups in total. The standard InChI is InChI=1S/C15H27NO2/c1-3-7-14(8-4-2)16-10-6-11-17-13-15-9-5-12-18-15/h5,9,12,14,16H,3-4,6-8,10-11,13H2,1-2H3. The highest BCUT2D eigenvalue weighted by Crippen LogP contribution is 2.05. The fraction of sp³-hybridized carbons (Fsp3) is 0.733. The Morgan fingerprint density at radius 2 is 2.06 bits per heavy atom. The molecule has 1 rings (SSSR count). The summed E-state index contributed by atoms with van der Waals surface area (Å²) in [5, 5.41) is 3.61. The van der Waals surface area contributed by atoms with E-state index in [9.17, 15) is 0 Å². The van der Waals surface area contributed by atoms with Crippen molar-refractivity contribution in [1.82, 2.24) is 5.32 Å². The summed E-state index contributed by atoms with van der Waals surface area (Å²) in [4.78, 5) is 0. The lowest BCUT2D eigenvalue weighted by Gasteiger charge is -2.17. The van der Waals surface area contributed by atoms with Crippen LogP contribution < -0.4 is 5.32 Å². The topological polar surface area (TPSA) is 34.4 Å². The molecule has 0 fully saturated rings. The Bertz CT molecular complexity index is 266. The zero-order chi connectivity index (χ0) is 13.1. The Morgan fingerprint density at radius 3 is 2.67 bits per heavy atom. The third-order valence-electron chi connectivity index (χ3n) is 3.00. The van der Waals surface area contributed by atoms with Gasteiger partial charge in [0.05, 0.1) is 6.26 Å². The first-order chi connectivity index (χ1) is 8.86. The number of hydrogen-bond acceptors (Lipinski definition) is 3. The lowest BCUT2D eigenvalue weighted by Crippen LogP contribution is -2.30. The van der Waals surface area contributed by atoms with Crippen LogP contribution in [0.3, 0.4) is 0 Å². The Balaban J connectivity index is 1.96. The van der Waals surface area contributed by atoms with Crippen LogP contribution in [0, 0.1) is 0 Å². The van der Waals surface area contributed by atoms with Crippen LogP contribution in [0.15, 0.2) is 22.8 Å². The van der Waals surface area contributed by atoms with E-state index in [1.165, 1.54) is 25.7 Å². The largest absolute Gasteiger partial charge is 0.467 e. The van der Waals surface area contributed by atoms with Crippen LogP contribution in [0.4, 0.5) is 0 Å². The van der Waals surface area contributed by atoms with Crippen LogP contribution >= 0.6 is 0 Å². The van der Waals surface area contributed by atoms with E-state index < -0.39 is 0 Å². The summed E-state index contributed by atoms with van der Waals surface area (Å²) in [6.45, 7) is 6.91. The monoisotopic (exact) mass is 253 g/mol. The molecule has 18 heavy (non-hydrogen) atoms. The molecule has 1 heterocycles. The minimum atomic E-state index is 0.584. The average molecular weight is 253 g/mol. The second-order valence-corrected chi connectivity index (χ2v) is 4.71. The van der Waals surface area contributed by atoms with E-state index in [4.69, 9.17) is 9.15 Å². The van der Waals surface area contributed by atoms with Gasteiger partial charge in [-0.2, -0.15) is 0 Å². The molecule has 0 aromatic carbocycles. The Labute approximate surface area is 111 Å². The van der Waals surface area contributed by atoms with Crippen molar-refractivity contribution in [2.45, 2.75) is 58.6 Å². The molecule has 0 aliphatic heterocycles. The first-order valence-electron chi connectivity index (χ1n) is 7.20. The fourth-order valence-corrected chi connectivity index (χ4v) is 2.09. The minimum absolute atomic E-state index is 0.584. The maximum Gasteiger partial charge on any atom is 0.129 e. The molecule has 3 nitrogen and oxygen atoms in total. The van der Waals surface area contributed by atoms with Gasteiger partial charge in [-0.3, -0.25) is 0 Å². The first-order valence-corrected chi connectivity index (χ1v) is 7.20. The number of furan rings is 1. The van der Waals surface area contributed by atoms with Gasteiger partial charge in [0.25, 0.3) is 0 Å². The van der Waals surface area contributed by atoms with Crippen molar-refractivity contribution in [3.8, 4) is 0 Å². The van der Waals surface area contributed by atoms with Gasteiger partial charge in [0, 0.05) is 12.6 Å². The molecule has 0 saturated heterocycles. The molecule has 0 unspecified atom stereocenters. The van der Waals surface area contributed by atoms with Crippen molar-refractivity contribution in [3.05, 3.63) is 24.2 Å². The van der Waals surface area contributed by atoms with Crippen LogP contribution in [0.5, 0.6) is 0 Å². The molecular weight excluding hydrogens is 226 g/mol. The summed E-state index contributed by atoms with van der Waals surface area (Å²) >= 11 is 0. The van der Waals surface area contributed by atoms with Gasteiger partial charge in [0.2, 0.25) is 0 Å². The lowest BCUT2D eigenvalue weighted by atomic mass is 10.1. The maximum absolute atomic E-state index is 5.55. The highest BCUT2D eigenvalue weighted by atomic mass is 16.5. The van der Waals surface area contributed by atoms with Crippen LogP contribution in [-0.2, 0) is 11.3 Å². The molecule has 0 spiro atoms. The van der Waals surface area contributed by atoms with Crippen molar-refractivity contribution in [2.24, 2.45) is 0 Å². The third kappa shape index (κ3) is 6.82. The van der Waals surface area contributed by atoms with Gasteiger partial charge in [-0.05, 0) is 37.9 Å². The van der Waals surface area contributed by atoms with E-state index in [0.717, 1.165) is 25.3 Å². The second-order valence-electron chi connectivity index (χ2n) is 4.71. The van der Waals surface area contributed by atoms with E-state index in [1.807, 2.05) is 12.1 Å². The number of ether oxygens (including phenoxy) is 1. The molecule has 0 radical (unpaired) electrons. The van der Waals surface area contributed by atoms with Gasteiger partial charge in [0.1, 0.15) is 12.4 Å².